The Labute approximate surface area is 108 Å². The predicted octanol–water partition coefficient (Wildman–Crippen LogP) is 0.999. The fraction of sp³-hybridized carbons (Fsp3) is 0.900. The molecule has 5 nitrogen and oxygen atoms in total. The highest BCUT2D eigenvalue weighted by Gasteiger charge is 2.25. The van der Waals surface area contributed by atoms with E-state index in [-0.39, 0.29) is 11.9 Å². The average molecular weight is 283 g/mol. The summed E-state index contributed by atoms with van der Waals surface area (Å²) in [5.41, 5.74) is 0. The smallest absolute Gasteiger partial charge is 0.324 e. The Hall–Kier alpha value is -0.270. The molecule has 0 aliphatic carbocycles. The average Bonchev–Trinajstić information content (AvgIpc) is 2.23. The molecule has 0 bridgehead atoms. The van der Waals surface area contributed by atoms with Crippen molar-refractivity contribution in [1.82, 2.24) is 4.72 Å². The van der Waals surface area contributed by atoms with Gasteiger partial charge in [0.1, 0.15) is 6.04 Å². The fourth-order valence-electron chi connectivity index (χ4n) is 1.08. The number of rotatable bonds is 8. The van der Waals surface area contributed by atoms with Gasteiger partial charge in [-0.25, -0.2) is 13.1 Å². The summed E-state index contributed by atoms with van der Waals surface area (Å²) >= 11 is 1.56. The molecule has 0 amide bonds. The molecule has 0 fully saturated rings. The molecule has 0 aromatic carbocycles. The van der Waals surface area contributed by atoms with Gasteiger partial charge in [-0.05, 0) is 39.2 Å². The zero-order chi connectivity index (χ0) is 13.5. The second-order valence-electron chi connectivity index (χ2n) is 3.84. The minimum absolute atomic E-state index is 0.0439. The summed E-state index contributed by atoms with van der Waals surface area (Å²) in [5, 5.41) is 0. The number of carbonyl (C=O) groups is 1. The normalized spacial score (nSPS) is 13.7. The monoisotopic (exact) mass is 283 g/mol. The molecule has 17 heavy (non-hydrogen) atoms. The van der Waals surface area contributed by atoms with Crippen LogP contribution in [0.4, 0.5) is 0 Å². The molecule has 0 aliphatic rings. The summed E-state index contributed by atoms with van der Waals surface area (Å²) in [5.74, 6) is 0.146. The van der Waals surface area contributed by atoms with Crippen LogP contribution in [0.5, 0.6) is 0 Å². The largest absolute Gasteiger partial charge is 0.462 e. The van der Waals surface area contributed by atoms with Crippen LogP contribution in [0, 0.1) is 0 Å². The van der Waals surface area contributed by atoms with E-state index in [1.807, 2.05) is 6.26 Å². The lowest BCUT2D eigenvalue weighted by molar-refractivity contribution is -0.149. The van der Waals surface area contributed by atoms with Gasteiger partial charge in [-0.15, -0.1) is 0 Å². The third-order valence-electron chi connectivity index (χ3n) is 1.95. The number of thioether (sulfide) groups is 1. The lowest BCUT2D eigenvalue weighted by Crippen LogP contribution is -2.43. The molecule has 102 valence electrons. The van der Waals surface area contributed by atoms with Gasteiger partial charge in [-0.3, -0.25) is 4.79 Å². The molecule has 0 radical (unpaired) electrons. The van der Waals surface area contributed by atoms with E-state index in [1.54, 1.807) is 25.6 Å². The molecule has 0 saturated carbocycles. The molecule has 0 saturated heterocycles. The highest BCUT2D eigenvalue weighted by Crippen LogP contribution is 2.06. The molecule has 0 heterocycles. The second-order valence-corrected chi connectivity index (χ2v) is 6.87. The third kappa shape index (κ3) is 7.62. The Morgan fingerprint density at radius 2 is 2.00 bits per heavy atom. The molecule has 7 heteroatoms. The predicted molar refractivity (Wildman–Crippen MR) is 70.6 cm³/mol. The summed E-state index contributed by atoms with van der Waals surface area (Å²) in [6.45, 7) is 5.00. The van der Waals surface area contributed by atoms with E-state index in [4.69, 9.17) is 4.74 Å². The number of ether oxygens (including phenoxy) is 1. The van der Waals surface area contributed by atoms with E-state index >= 15 is 0 Å². The Morgan fingerprint density at radius 1 is 1.41 bits per heavy atom. The number of nitrogens with one attached hydrogen (secondary N) is 1. The minimum Gasteiger partial charge on any atom is -0.462 e. The zero-order valence-corrected chi connectivity index (χ0v) is 12.4. The number of esters is 1. The maximum atomic E-state index is 11.7. The molecule has 0 rings (SSSR count). The van der Waals surface area contributed by atoms with Gasteiger partial charge >= 0.3 is 5.97 Å². The summed E-state index contributed by atoms with van der Waals surface area (Å²) in [6.07, 6.45) is 2.09. The van der Waals surface area contributed by atoms with Crippen molar-refractivity contribution < 1.29 is 17.9 Å². The molecular formula is C10H21NO4S2. The minimum atomic E-state index is -3.39. The Kier molecular flexibility index (Phi) is 7.82. The van der Waals surface area contributed by atoms with E-state index in [0.29, 0.717) is 12.2 Å². The van der Waals surface area contributed by atoms with Crippen LogP contribution in [0.25, 0.3) is 0 Å². The standard InChI is InChI=1S/C10H21NO4S2/c1-5-17(13,14)11-9(6-7-16-4)10(12)15-8(2)3/h8-9,11H,5-7H2,1-4H3. The van der Waals surface area contributed by atoms with Crippen LogP contribution < -0.4 is 4.72 Å². The van der Waals surface area contributed by atoms with Crippen LogP contribution in [-0.2, 0) is 19.6 Å². The van der Waals surface area contributed by atoms with Crippen molar-refractivity contribution in [3.63, 3.8) is 0 Å². The molecule has 1 unspecified atom stereocenters. The van der Waals surface area contributed by atoms with Gasteiger partial charge in [0.05, 0.1) is 11.9 Å². The van der Waals surface area contributed by atoms with Crippen molar-refractivity contribution >= 4 is 27.8 Å². The van der Waals surface area contributed by atoms with Gasteiger partial charge < -0.3 is 4.74 Å². The van der Waals surface area contributed by atoms with Gasteiger partial charge in [-0.2, -0.15) is 11.8 Å². The number of hydrogen-bond acceptors (Lipinski definition) is 5. The van der Waals surface area contributed by atoms with Gasteiger partial charge in [0, 0.05) is 0 Å². The number of hydrogen-bond donors (Lipinski definition) is 1. The van der Waals surface area contributed by atoms with Crippen molar-refractivity contribution in [2.24, 2.45) is 0 Å². The maximum Gasteiger partial charge on any atom is 0.324 e. The number of sulfonamides is 1. The topological polar surface area (TPSA) is 72.5 Å². The van der Waals surface area contributed by atoms with E-state index in [0.717, 1.165) is 0 Å². The Morgan fingerprint density at radius 3 is 2.41 bits per heavy atom. The van der Waals surface area contributed by atoms with E-state index < -0.39 is 22.0 Å². The van der Waals surface area contributed by atoms with Crippen LogP contribution in [0.15, 0.2) is 0 Å². The van der Waals surface area contributed by atoms with Gasteiger partial charge in [0.15, 0.2) is 0 Å². The van der Waals surface area contributed by atoms with Crippen LogP contribution in [0.3, 0.4) is 0 Å². The summed E-state index contributed by atoms with van der Waals surface area (Å²) in [6, 6.07) is -0.783. The zero-order valence-electron chi connectivity index (χ0n) is 10.7. The van der Waals surface area contributed by atoms with E-state index in [1.165, 1.54) is 6.92 Å². The van der Waals surface area contributed by atoms with E-state index in [9.17, 15) is 13.2 Å². The Bertz CT molecular complexity index is 327. The molecular weight excluding hydrogens is 262 g/mol. The van der Waals surface area contributed by atoms with Crippen LogP contribution in [0.2, 0.25) is 0 Å². The first-order valence-corrected chi connectivity index (χ1v) is 8.56. The quantitative estimate of drug-likeness (QED) is 0.673. The van der Waals surface area contributed by atoms with Crippen molar-refractivity contribution in [3.8, 4) is 0 Å². The first kappa shape index (κ1) is 16.7. The summed E-state index contributed by atoms with van der Waals surface area (Å²) in [7, 11) is -3.39. The lowest BCUT2D eigenvalue weighted by atomic mass is 10.2. The lowest BCUT2D eigenvalue weighted by Gasteiger charge is -2.18. The van der Waals surface area contributed by atoms with Crippen molar-refractivity contribution in [2.45, 2.75) is 39.3 Å². The fourth-order valence-corrected chi connectivity index (χ4v) is 2.36. The van der Waals surface area contributed by atoms with Crippen molar-refractivity contribution in [3.05, 3.63) is 0 Å². The number of carbonyl (C=O) groups excluding carboxylic acids is 1. The van der Waals surface area contributed by atoms with Crippen LogP contribution >= 0.6 is 11.8 Å². The second kappa shape index (κ2) is 7.94. The molecule has 0 aliphatic heterocycles. The Balaban J connectivity index is 4.58. The molecule has 0 spiro atoms. The highest BCUT2D eigenvalue weighted by atomic mass is 32.2. The first-order valence-electron chi connectivity index (χ1n) is 5.51. The molecule has 1 atom stereocenters. The van der Waals surface area contributed by atoms with E-state index in [2.05, 4.69) is 4.72 Å². The van der Waals surface area contributed by atoms with Crippen LogP contribution in [0.1, 0.15) is 27.2 Å². The van der Waals surface area contributed by atoms with Crippen LogP contribution in [-0.4, -0.2) is 44.3 Å². The maximum absolute atomic E-state index is 11.7. The van der Waals surface area contributed by atoms with Gasteiger partial charge in [-0.1, -0.05) is 0 Å². The van der Waals surface area contributed by atoms with Crippen molar-refractivity contribution in [1.29, 1.82) is 0 Å². The first-order chi connectivity index (χ1) is 7.82. The SMILES string of the molecule is CCS(=O)(=O)NC(CCSC)C(=O)OC(C)C. The highest BCUT2D eigenvalue weighted by molar-refractivity contribution is 7.98. The summed E-state index contributed by atoms with van der Waals surface area (Å²) < 4.78 is 30.3. The van der Waals surface area contributed by atoms with Gasteiger partial charge in [0.25, 0.3) is 0 Å². The van der Waals surface area contributed by atoms with Gasteiger partial charge in [0.2, 0.25) is 10.0 Å². The molecule has 0 aromatic rings. The summed E-state index contributed by atoms with van der Waals surface area (Å²) in [4.78, 5) is 11.7. The third-order valence-corrected chi connectivity index (χ3v) is 4.00. The molecule has 0 aromatic heterocycles. The molecule has 1 N–H and O–H groups in total. The van der Waals surface area contributed by atoms with Crippen molar-refractivity contribution in [2.75, 3.05) is 17.8 Å².